The van der Waals surface area contributed by atoms with Gasteiger partial charge in [0.2, 0.25) is 0 Å². The SMILES string of the molecule is COC(=O)c1ccc2c(c1)nnn2CCl. The highest BCUT2D eigenvalue weighted by atomic mass is 35.5. The molecule has 0 saturated heterocycles. The van der Waals surface area contributed by atoms with Crippen LogP contribution in [0.1, 0.15) is 10.4 Å². The van der Waals surface area contributed by atoms with E-state index in [2.05, 4.69) is 15.0 Å². The first-order chi connectivity index (χ1) is 7.26. The summed E-state index contributed by atoms with van der Waals surface area (Å²) in [5.41, 5.74) is 1.86. The van der Waals surface area contributed by atoms with Crippen molar-refractivity contribution < 1.29 is 9.53 Å². The molecular formula is C9H8ClN3O2. The molecule has 0 spiro atoms. The summed E-state index contributed by atoms with van der Waals surface area (Å²) in [5.74, 6) is -0.391. The Labute approximate surface area is 90.6 Å². The fourth-order valence-corrected chi connectivity index (χ4v) is 1.48. The van der Waals surface area contributed by atoms with Gasteiger partial charge in [-0.15, -0.1) is 16.7 Å². The first kappa shape index (κ1) is 9.92. The summed E-state index contributed by atoms with van der Waals surface area (Å²) < 4.78 is 6.14. The Morgan fingerprint density at radius 2 is 2.40 bits per heavy atom. The molecule has 0 atom stereocenters. The molecule has 0 fully saturated rings. The Morgan fingerprint density at radius 3 is 3.07 bits per heavy atom. The van der Waals surface area contributed by atoms with Gasteiger partial charge in [0.15, 0.2) is 0 Å². The fourth-order valence-electron chi connectivity index (χ4n) is 1.31. The average Bonchev–Trinajstić information content (AvgIpc) is 2.69. The molecule has 0 radical (unpaired) electrons. The van der Waals surface area contributed by atoms with Gasteiger partial charge in [0.25, 0.3) is 0 Å². The number of hydrogen-bond donors (Lipinski definition) is 0. The van der Waals surface area contributed by atoms with E-state index in [0.717, 1.165) is 5.52 Å². The molecule has 0 amide bonds. The number of benzene rings is 1. The van der Waals surface area contributed by atoms with Crippen molar-refractivity contribution in [1.29, 1.82) is 0 Å². The molecule has 2 aromatic rings. The first-order valence-electron chi connectivity index (χ1n) is 4.24. The maximum absolute atomic E-state index is 11.2. The van der Waals surface area contributed by atoms with Gasteiger partial charge in [-0.1, -0.05) is 5.21 Å². The number of halogens is 1. The molecule has 0 bridgehead atoms. The van der Waals surface area contributed by atoms with Gasteiger partial charge >= 0.3 is 5.97 Å². The molecule has 0 aliphatic heterocycles. The summed E-state index contributed by atoms with van der Waals surface area (Å²) >= 11 is 5.65. The van der Waals surface area contributed by atoms with E-state index in [0.29, 0.717) is 11.1 Å². The summed E-state index contributed by atoms with van der Waals surface area (Å²) in [5, 5.41) is 7.71. The molecule has 6 heteroatoms. The summed E-state index contributed by atoms with van der Waals surface area (Å²) in [4.78, 5) is 11.2. The van der Waals surface area contributed by atoms with E-state index in [4.69, 9.17) is 11.6 Å². The molecule has 5 nitrogen and oxygen atoms in total. The number of carbonyl (C=O) groups is 1. The minimum atomic E-state index is -0.391. The van der Waals surface area contributed by atoms with Crippen molar-refractivity contribution in [3.63, 3.8) is 0 Å². The standard InChI is InChI=1S/C9H8ClN3O2/c1-15-9(14)6-2-3-8-7(4-6)11-12-13(8)5-10/h2-4H,5H2,1H3. The highest BCUT2D eigenvalue weighted by molar-refractivity contribution is 6.15. The third-order valence-corrected chi connectivity index (χ3v) is 2.27. The van der Waals surface area contributed by atoms with E-state index in [1.54, 1.807) is 18.2 Å². The Kier molecular flexibility index (Phi) is 2.55. The largest absolute Gasteiger partial charge is 0.465 e. The number of nitrogens with zero attached hydrogens (tertiary/aromatic N) is 3. The van der Waals surface area contributed by atoms with Crippen LogP contribution in [0.2, 0.25) is 0 Å². The molecular weight excluding hydrogens is 218 g/mol. The van der Waals surface area contributed by atoms with Gasteiger partial charge in [0.05, 0.1) is 18.2 Å². The molecule has 0 unspecified atom stereocenters. The molecule has 1 heterocycles. The number of alkyl halides is 1. The van der Waals surface area contributed by atoms with Gasteiger partial charge in [0, 0.05) is 0 Å². The van der Waals surface area contributed by atoms with E-state index in [-0.39, 0.29) is 6.00 Å². The van der Waals surface area contributed by atoms with E-state index < -0.39 is 5.97 Å². The maximum Gasteiger partial charge on any atom is 0.337 e. The van der Waals surface area contributed by atoms with Gasteiger partial charge in [0.1, 0.15) is 11.5 Å². The number of methoxy groups -OCH3 is 1. The average molecular weight is 226 g/mol. The molecule has 0 aliphatic carbocycles. The van der Waals surface area contributed by atoms with Crippen LogP contribution in [0.3, 0.4) is 0 Å². The number of esters is 1. The third kappa shape index (κ3) is 1.66. The number of ether oxygens (including phenoxy) is 1. The monoisotopic (exact) mass is 225 g/mol. The van der Waals surface area contributed by atoms with Crippen LogP contribution in [0.5, 0.6) is 0 Å². The van der Waals surface area contributed by atoms with Crippen molar-refractivity contribution in [2.24, 2.45) is 0 Å². The zero-order valence-electron chi connectivity index (χ0n) is 7.98. The quantitative estimate of drug-likeness (QED) is 0.573. The molecule has 1 aromatic heterocycles. The number of rotatable bonds is 2. The van der Waals surface area contributed by atoms with Crippen LogP contribution in [0.25, 0.3) is 11.0 Å². The first-order valence-corrected chi connectivity index (χ1v) is 4.77. The summed E-state index contributed by atoms with van der Waals surface area (Å²) in [6.45, 7) is 0. The van der Waals surface area contributed by atoms with Crippen LogP contribution in [0.4, 0.5) is 0 Å². The van der Waals surface area contributed by atoms with Crippen molar-refractivity contribution in [2.75, 3.05) is 7.11 Å². The second-order valence-corrected chi connectivity index (χ2v) is 3.14. The number of aromatic nitrogens is 3. The van der Waals surface area contributed by atoms with E-state index in [9.17, 15) is 4.79 Å². The molecule has 0 N–H and O–H groups in total. The summed E-state index contributed by atoms with van der Waals surface area (Å²) in [6, 6.07) is 5.25. The highest BCUT2D eigenvalue weighted by Crippen LogP contribution is 2.14. The molecule has 1 aromatic carbocycles. The Balaban J connectivity index is 2.53. The van der Waals surface area contributed by atoms with Crippen molar-refractivity contribution in [2.45, 2.75) is 6.00 Å². The zero-order chi connectivity index (χ0) is 10.8. The number of fused-ring (bicyclic) bond motifs is 1. The van der Waals surface area contributed by atoms with Crippen molar-refractivity contribution >= 4 is 28.6 Å². The summed E-state index contributed by atoms with van der Waals surface area (Å²) in [7, 11) is 1.34. The highest BCUT2D eigenvalue weighted by Gasteiger charge is 2.09. The van der Waals surface area contributed by atoms with Crippen molar-refractivity contribution in [3.8, 4) is 0 Å². The fraction of sp³-hybridized carbons (Fsp3) is 0.222. The normalized spacial score (nSPS) is 10.5. The molecule has 0 aliphatic rings. The smallest absolute Gasteiger partial charge is 0.337 e. The minimum Gasteiger partial charge on any atom is -0.465 e. The van der Waals surface area contributed by atoms with Crippen molar-refractivity contribution in [3.05, 3.63) is 23.8 Å². The van der Waals surface area contributed by atoms with E-state index >= 15 is 0 Å². The Hall–Kier alpha value is -1.62. The van der Waals surface area contributed by atoms with Crippen LogP contribution in [-0.4, -0.2) is 28.1 Å². The third-order valence-electron chi connectivity index (χ3n) is 2.05. The van der Waals surface area contributed by atoms with Crippen LogP contribution in [0, 0.1) is 0 Å². The predicted molar refractivity (Wildman–Crippen MR) is 54.7 cm³/mol. The van der Waals surface area contributed by atoms with Gasteiger partial charge in [-0.3, -0.25) is 0 Å². The van der Waals surface area contributed by atoms with E-state index in [1.165, 1.54) is 11.8 Å². The van der Waals surface area contributed by atoms with Crippen LogP contribution in [0.15, 0.2) is 18.2 Å². The lowest BCUT2D eigenvalue weighted by Gasteiger charge is -1.98. The second-order valence-electron chi connectivity index (χ2n) is 2.90. The van der Waals surface area contributed by atoms with E-state index in [1.807, 2.05) is 0 Å². The molecule has 0 saturated carbocycles. The lowest BCUT2D eigenvalue weighted by molar-refractivity contribution is 0.0601. The topological polar surface area (TPSA) is 57.0 Å². The zero-order valence-corrected chi connectivity index (χ0v) is 8.73. The van der Waals surface area contributed by atoms with Gasteiger partial charge in [-0.2, -0.15) is 0 Å². The Bertz CT molecular complexity index is 509. The van der Waals surface area contributed by atoms with Crippen LogP contribution in [-0.2, 0) is 10.7 Å². The maximum atomic E-state index is 11.2. The van der Waals surface area contributed by atoms with Crippen LogP contribution >= 0.6 is 11.6 Å². The van der Waals surface area contributed by atoms with Gasteiger partial charge < -0.3 is 4.74 Å². The Morgan fingerprint density at radius 1 is 1.60 bits per heavy atom. The minimum absolute atomic E-state index is 0.230. The second kappa shape index (κ2) is 3.86. The van der Waals surface area contributed by atoms with Gasteiger partial charge in [-0.25, -0.2) is 9.48 Å². The lowest BCUT2D eigenvalue weighted by atomic mass is 10.2. The molecule has 2 rings (SSSR count). The molecule has 78 valence electrons. The van der Waals surface area contributed by atoms with Crippen LogP contribution < -0.4 is 0 Å². The summed E-state index contributed by atoms with van der Waals surface area (Å²) in [6.07, 6.45) is 0. The lowest BCUT2D eigenvalue weighted by Crippen LogP contribution is -2.00. The number of carbonyl (C=O) groups excluding carboxylic acids is 1. The number of hydrogen-bond acceptors (Lipinski definition) is 4. The predicted octanol–water partition coefficient (Wildman–Crippen LogP) is 1.41. The van der Waals surface area contributed by atoms with Gasteiger partial charge in [-0.05, 0) is 18.2 Å². The molecule has 15 heavy (non-hydrogen) atoms. The van der Waals surface area contributed by atoms with Crippen molar-refractivity contribution in [1.82, 2.24) is 15.0 Å².